The Morgan fingerprint density at radius 2 is 2.11 bits per heavy atom. The van der Waals surface area contributed by atoms with Gasteiger partial charge in [0.25, 0.3) is 6.61 Å². The van der Waals surface area contributed by atoms with E-state index in [1.54, 1.807) is 6.08 Å². The van der Waals surface area contributed by atoms with Gasteiger partial charge in [-0.05, 0) is 18.9 Å². The number of unbranched alkanes of at least 4 members (excludes halogenated alkanes) is 2. The Bertz CT molecular complexity index is 393. The smallest absolute Gasteiger partial charge is 0.324 e. The summed E-state index contributed by atoms with van der Waals surface area (Å²) < 4.78 is 11.5. The summed E-state index contributed by atoms with van der Waals surface area (Å²) in [5, 5.41) is 0. The minimum Gasteiger partial charge on any atom is -0.480 e. The summed E-state index contributed by atoms with van der Waals surface area (Å²) in [6, 6.07) is 0. The van der Waals surface area contributed by atoms with Crippen LogP contribution in [0.3, 0.4) is 0 Å². The van der Waals surface area contributed by atoms with Gasteiger partial charge in [0.1, 0.15) is 0 Å². The van der Waals surface area contributed by atoms with Crippen molar-refractivity contribution in [2.24, 2.45) is 0 Å². The summed E-state index contributed by atoms with van der Waals surface area (Å²) in [6.45, 7) is 11.2. The van der Waals surface area contributed by atoms with E-state index in [0.29, 0.717) is 24.8 Å². The molecule has 98 valence electrons. The van der Waals surface area contributed by atoms with Crippen LogP contribution in [0, 0.1) is 6.58 Å². The van der Waals surface area contributed by atoms with Crippen molar-refractivity contribution in [1.29, 1.82) is 0 Å². The van der Waals surface area contributed by atoms with Crippen molar-refractivity contribution in [3.05, 3.63) is 41.9 Å². The number of hydrogen-bond donors (Lipinski definition) is 0. The summed E-state index contributed by atoms with van der Waals surface area (Å²) in [7, 11) is 0. The Hall–Kier alpha value is -1.53. The fourth-order valence-corrected chi connectivity index (χ4v) is 1.50. The van der Waals surface area contributed by atoms with E-state index in [1.165, 1.54) is 0 Å². The fourth-order valence-electron chi connectivity index (χ4n) is 1.50. The van der Waals surface area contributed by atoms with E-state index in [4.69, 9.17) is 15.7 Å². The predicted octanol–water partition coefficient (Wildman–Crippen LogP) is 3.68. The maximum absolute atomic E-state index is 5.76. The molecule has 0 unspecified atom stereocenters. The molecule has 1 rings (SSSR count). The highest BCUT2D eigenvalue weighted by molar-refractivity contribution is 6.09. The van der Waals surface area contributed by atoms with E-state index >= 15 is 0 Å². The summed E-state index contributed by atoms with van der Waals surface area (Å²) in [6.07, 6.45) is 9.49. The van der Waals surface area contributed by atoms with Gasteiger partial charge in [-0.15, -0.1) is 6.08 Å². The van der Waals surface area contributed by atoms with Gasteiger partial charge in [-0.3, -0.25) is 11.0 Å². The second kappa shape index (κ2) is 8.54. The molecule has 0 spiro atoms. The molecule has 0 saturated heterocycles. The summed E-state index contributed by atoms with van der Waals surface area (Å²) in [5.41, 5.74) is 3.93. The molecule has 0 aromatic rings. The van der Waals surface area contributed by atoms with Crippen LogP contribution in [-0.4, -0.2) is 19.0 Å². The number of ether oxygens (including phenoxy) is 1. The molecule has 2 nitrogen and oxygen atoms in total. The number of carbonyl (C=O) groups excluding carboxylic acids is 1. The second-order valence-corrected chi connectivity index (χ2v) is 4.16. The van der Waals surface area contributed by atoms with Gasteiger partial charge in [0.15, 0.2) is 0 Å². The SMILES string of the molecule is [CH-]=CC1=CC=C=C(OCCCC)C1=[O+]CCCC. The topological polar surface area (TPSA) is 20.5 Å². The molecule has 0 atom stereocenters. The zero-order chi connectivity index (χ0) is 13.2. The molecule has 0 bridgehead atoms. The lowest BCUT2D eigenvalue weighted by atomic mass is 10.1. The van der Waals surface area contributed by atoms with Crippen molar-refractivity contribution in [3.8, 4) is 0 Å². The molecule has 0 N–H and O–H groups in total. The van der Waals surface area contributed by atoms with Crippen LogP contribution in [0.25, 0.3) is 0 Å². The van der Waals surface area contributed by atoms with Crippen LogP contribution in [0.2, 0.25) is 0 Å². The average Bonchev–Trinajstić information content (AvgIpc) is 2.40. The first-order chi connectivity index (χ1) is 8.83. The van der Waals surface area contributed by atoms with E-state index < -0.39 is 0 Å². The molecular formula is C16H22O2. The summed E-state index contributed by atoms with van der Waals surface area (Å²) >= 11 is 0. The third-order valence-electron chi connectivity index (χ3n) is 2.61. The lowest BCUT2D eigenvalue weighted by Crippen LogP contribution is -2.14. The summed E-state index contributed by atoms with van der Waals surface area (Å²) in [4.78, 5) is 0. The first-order valence-corrected chi connectivity index (χ1v) is 6.68. The Labute approximate surface area is 110 Å². The molecule has 0 fully saturated rings. The van der Waals surface area contributed by atoms with E-state index in [9.17, 15) is 0 Å². The van der Waals surface area contributed by atoms with Crippen LogP contribution >= 0.6 is 0 Å². The zero-order valence-corrected chi connectivity index (χ0v) is 11.4. The van der Waals surface area contributed by atoms with Crippen LogP contribution < -0.4 is 0 Å². The van der Waals surface area contributed by atoms with Crippen molar-refractivity contribution in [2.75, 3.05) is 13.2 Å². The molecule has 1 aliphatic carbocycles. The monoisotopic (exact) mass is 246 g/mol. The predicted molar refractivity (Wildman–Crippen MR) is 74.2 cm³/mol. The highest BCUT2D eigenvalue weighted by Gasteiger charge is 2.19. The van der Waals surface area contributed by atoms with Crippen molar-refractivity contribution in [1.82, 2.24) is 0 Å². The number of ketones is 1. The first-order valence-electron chi connectivity index (χ1n) is 6.68. The quantitative estimate of drug-likeness (QED) is 0.277. The van der Waals surface area contributed by atoms with Gasteiger partial charge in [0.2, 0.25) is 5.76 Å². The largest absolute Gasteiger partial charge is 0.480 e. The molecular weight excluding hydrogens is 224 g/mol. The Morgan fingerprint density at radius 3 is 2.78 bits per heavy atom. The van der Waals surface area contributed by atoms with E-state index in [2.05, 4.69) is 19.6 Å². The molecule has 0 aliphatic heterocycles. The highest BCUT2D eigenvalue weighted by Crippen LogP contribution is 2.14. The summed E-state index contributed by atoms with van der Waals surface area (Å²) in [5.74, 6) is 1.38. The number of allylic oxidation sites excluding steroid dienone is 3. The molecule has 0 aromatic heterocycles. The van der Waals surface area contributed by atoms with Gasteiger partial charge in [-0.2, -0.15) is 0 Å². The van der Waals surface area contributed by atoms with Crippen molar-refractivity contribution < 1.29 is 9.16 Å². The van der Waals surface area contributed by atoms with Crippen LogP contribution in [0.5, 0.6) is 0 Å². The molecule has 0 amide bonds. The molecule has 0 aromatic carbocycles. The van der Waals surface area contributed by atoms with Crippen LogP contribution in [0.4, 0.5) is 0 Å². The van der Waals surface area contributed by atoms with Gasteiger partial charge < -0.3 is 4.74 Å². The molecule has 0 saturated carbocycles. The van der Waals surface area contributed by atoms with Crippen LogP contribution in [0.1, 0.15) is 39.5 Å². The normalized spacial score (nSPS) is 16.4. The Kier molecular flexibility index (Phi) is 6.90. The van der Waals surface area contributed by atoms with E-state index in [-0.39, 0.29) is 0 Å². The van der Waals surface area contributed by atoms with Crippen molar-refractivity contribution in [2.45, 2.75) is 39.5 Å². The third kappa shape index (κ3) is 4.38. The maximum Gasteiger partial charge on any atom is 0.324 e. The minimum absolute atomic E-state index is 0.666. The van der Waals surface area contributed by atoms with Crippen LogP contribution in [-0.2, 0) is 9.16 Å². The number of rotatable bonds is 8. The second-order valence-electron chi connectivity index (χ2n) is 4.16. The Morgan fingerprint density at radius 1 is 1.33 bits per heavy atom. The fraction of sp³-hybridized carbons (Fsp3) is 0.500. The van der Waals surface area contributed by atoms with Crippen molar-refractivity contribution in [3.63, 3.8) is 0 Å². The first kappa shape index (κ1) is 14.5. The zero-order valence-electron chi connectivity index (χ0n) is 11.4. The lowest BCUT2D eigenvalue weighted by Gasteiger charge is -2.11. The third-order valence-corrected chi connectivity index (χ3v) is 2.61. The maximum atomic E-state index is 5.76. The lowest BCUT2D eigenvalue weighted by molar-refractivity contribution is -0.457. The van der Waals surface area contributed by atoms with Crippen LogP contribution in [0.15, 0.2) is 35.3 Å². The highest BCUT2D eigenvalue weighted by atomic mass is 16.5. The van der Waals surface area contributed by atoms with Gasteiger partial charge >= 0.3 is 5.78 Å². The van der Waals surface area contributed by atoms with E-state index in [1.807, 2.05) is 12.2 Å². The van der Waals surface area contributed by atoms with Crippen molar-refractivity contribution >= 4 is 5.78 Å². The molecule has 2 heteroatoms. The van der Waals surface area contributed by atoms with Gasteiger partial charge in [0, 0.05) is 6.42 Å². The molecule has 0 heterocycles. The minimum atomic E-state index is 0.666. The molecule has 18 heavy (non-hydrogen) atoms. The molecule has 1 aliphatic rings. The average molecular weight is 246 g/mol. The number of hydrogen-bond acceptors (Lipinski definition) is 1. The standard InChI is InChI=1S/C16H22O2/c1-4-7-12-17-15-11-9-10-14(6-3)16(15)18-13-8-5-2/h3,6,9-10H,4-5,7-8,12-13H2,1-2H3. The van der Waals surface area contributed by atoms with Gasteiger partial charge in [-0.25, -0.2) is 6.08 Å². The van der Waals surface area contributed by atoms with Gasteiger partial charge in [0.05, 0.1) is 6.61 Å². The Balaban J connectivity index is 2.76. The van der Waals surface area contributed by atoms with E-state index in [0.717, 1.165) is 31.3 Å². The van der Waals surface area contributed by atoms with Gasteiger partial charge in [-0.1, -0.05) is 31.6 Å². The molecule has 0 radical (unpaired) electrons.